The summed E-state index contributed by atoms with van der Waals surface area (Å²) in [5.74, 6) is -0.250. The standard InChI is InChI=1S/C20H23ClN2O2/c1-13-9-14(2)11-18(10-13)22-20(25)7-8-23(16(4)24)19-12-17(21)6-5-15(19)3/h5-6,9-12H,7-8H2,1-4H3,(H,22,25). The molecule has 0 atom stereocenters. The highest BCUT2D eigenvalue weighted by Crippen LogP contribution is 2.25. The molecule has 25 heavy (non-hydrogen) atoms. The summed E-state index contributed by atoms with van der Waals surface area (Å²) in [6.45, 7) is 7.68. The molecule has 132 valence electrons. The van der Waals surface area contributed by atoms with Crippen LogP contribution in [0.25, 0.3) is 0 Å². The molecule has 1 N–H and O–H groups in total. The summed E-state index contributed by atoms with van der Waals surface area (Å²) in [6, 6.07) is 11.3. The van der Waals surface area contributed by atoms with Crippen LogP contribution in [0.5, 0.6) is 0 Å². The molecule has 4 nitrogen and oxygen atoms in total. The lowest BCUT2D eigenvalue weighted by Gasteiger charge is -2.23. The van der Waals surface area contributed by atoms with Crippen molar-refractivity contribution >= 4 is 34.8 Å². The van der Waals surface area contributed by atoms with E-state index in [9.17, 15) is 9.59 Å². The Labute approximate surface area is 153 Å². The maximum atomic E-state index is 12.3. The van der Waals surface area contributed by atoms with E-state index >= 15 is 0 Å². The molecule has 0 aliphatic carbocycles. The Bertz CT molecular complexity index is 782. The van der Waals surface area contributed by atoms with Crippen LogP contribution in [-0.4, -0.2) is 18.4 Å². The molecule has 0 bridgehead atoms. The molecule has 0 heterocycles. The topological polar surface area (TPSA) is 49.4 Å². The highest BCUT2D eigenvalue weighted by Gasteiger charge is 2.16. The molecule has 0 aromatic heterocycles. The molecule has 0 radical (unpaired) electrons. The quantitative estimate of drug-likeness (QED) is 0.845. The van der Waals surface area contributed by atoms with Crippen LogP contribution in [0.4, 0.5) is 11.4 Å². The molecule has 2 amide bonds. The molecule has 0 aliphatic heterocycles. The highest BCUT2D eigenvalue weighted by molar-refractivity contribution is 6.31. The SMILES string of the molecule is CC(=O)N(CCC(=O)Nc1cc(C)cc(C)c1)c1cc(Cl)ccc1C. The number of hydrogen-bond donors (Lipinski definition) is 1. The summed E-state index contributed by atoms with van der Waals surface area (Å²) in [5, 5.41) is 3.45. The summed E-state index contributed by atoms with van der Waals surface area (Å²) < 4.78 is 0. The maximum Gasteiger partial charge on any atom is 0.226 e. The number of aryl methyl sites for hydroxylation is 3. The molecule has 0 spiro atoms. The van der Waals surface area contributed by atoms with E-state index in [-0.39, 0.29) is 18.2 Å². The van der Waals surface area contributed by atoms with E-state index in [1.807, 2.05) is 39.0 Å². The Kier molecular flexibility index (Phi) is 6.21. The Morgan fingerprint density at radius 3 is 2.28 bits per heavy atom. The third-order valence-corrected chi connectivity index (χ3v) is 4.15. The third-order valence-electron chi connectivity index (χ3n) is 3.91. The minimum absolute atomic E-state index is 0.121. The van der Waals surface area contributed by atoms with E-state index in [0.717, 1.165) is 28.1 Å². The van der Waals surface area contributed by atoms with Crippen molar-refractivity contribution in [2.45, 2.75) is 34.1 Å². The van der Waals surface area contributed by atoms with Gasteiger partial charge in [-0.05, 0) is 61.7 Å². The van der Waals surface area contributed by atoms with E-state index in [2.05, 4.69) is 11.4 Å². The van der Waals surface area contributed by atoms with Crippen molar-refractivity contribution in [2.24, 2.45) is 0 Å². The van der Waals surface area contributed by atoms with Crippen LogP contribution in [0.1, 0.15) is 30.0 Å². The Balaban J connectivity index is 2.07. The lowest BCUT2D eigenvalue weighted by Crippen LogP contribution is -2.32. The highest BCUT2D eigenvalue weighted by atomic mass is 35.5. The van der Waals surface area contributed by atoms with Gasteiger partial charge in [0, 0.05) is 36.3 Å². The molecule has 0 saturated heterocycles. The van der Waals surface area contributed by atoms with Gasteiger partial charge in [0.25, 0.3) is 0 Å². The normalized spacial score (nSPS) is 10.4. The van der Waals surface area contributed by atoms with Gasteiger partial charge >= 0.3 is 0 Å². The van der Waals surface area contributed by atoms with E-state index in [0.29, 0.717) is 11.6 Å². The fourth-order valence-corrected chi connectivity index (χ4v) is 2.97. The van der Waals surface area contributed by atoms with Gasteiger partial charge in [-0.3, -0.25) is 9.59 Å². The molecular formula is C20H23ClN2O2. The Hall–Kier alpha value is -2.33. The average molecular weight is 359 g/mol. The summed E-state index contributed by atoms with van der Waals surface area (Å²) in [5.41, 5.74) is 4.63. The predicted molar refractivity (Wildman–Crippen MR) is 103 cm³/mol. The largest absolute Gasteiger partial charge is 0.326 e. The van der Waals surface area contributed by atoms with Gasteiger partial charge in [0.15, 0.2) is 0 Å². The van der Waals surface area contributed by atoms with Crippen LogP contribution < -0.4 is 10.2 Å². The van der Waals surface area contributed by atoms with Crippen molar-refractivity contribution in [1.29, 1.82) is 0 Å². The van der Waals surface area contributed by atoms with Gasteiger partial charge in [0.05, 0.1) is 0 Å². The number of amides is 2. The summed E-state index contributed by atoms with van der Waals surface area (Å²) in [6.07, 6.45) is 0.207. The molecule has 2 rings (SSSR count). The number of anilines is 2. The van der Waals surface area contributed by atoms with E-state index in [1.54, 1.807) is 17.0 Å². The Morgan fingerprint density at radius 1 is 1.04 bits per heavy atom. The number of carbonyl (C=O) groups is 2. The van der Waals surface area contributed by atoms with Crippen molar-refractivity contribution in [1.82, 2.24) is 0 Å². The maximum absolute atomic E-state index is 12.3. The molecule has 0 unspecified atom stereocenters. The number of rotatable bonds is 5. The van der Waals surface area contributed by atoms with Crippen molar-refractivity contribution in [3.8, 4) is 0 Å². The van der Waals surface area contributed by atoms with Gasteiger partial charge in [-0.25, -0.2) is 0 Å². The lowest BCUT2D eigenvalue weighted by atomic mass is 10.1. The predicted octanol–water partition coefficient (Wildman–Crippen LogP) is 4.65. The minimum Gasteiger partial charge on any atom is -0.326 e. The molecule has 0 saturated carbocycles. The zero-order valence-electron chi connectivity index (χ0n) is 15.0. The van der Waals surface area contributed by atoms with Gasteiger partial charge in [0.2, 0.25) is 11.8 Å². The molecule has 5 heteroatoms. The average Bonchev–Trinajstić information content (AvgIpc) is 2.49. The molecule has 0 fully saturated rings. The summed E-state index contributed by atoms with van der Waals surface area (Å²) in [7, 11) is 0. The summed E-state index contributed by atoms with van der Waals surface area (Å²) in [4.78, 5) is 25.9. The number of carbonyl (C=O) groups excluding carboxylic acids is 2. The fraction of sp³-hybridized carbons (Fsp3) is 0.300. The lowest BCUT2D eigenvalue weighted by molar-refractivity contribution is -0.117. The monoisotopic (exact) mass is 358 g/mol. The zero-order chi connectivity index (χ0) is 18.6. The smallest absolute Gasteiger partial charge is 0.226 e. The van der Waals surface area contributed by atoms with Crippen LogP contribution in [-0.2, 0) is 9.59 Å². The van der Waals surface area contributed by atoms with E-state index < -0.39 is 0 Å². The van der Waals surface area contributed by atoms with Gasteiger partial charge in [0.1, 0.15) is 0 Å². The second-order valence-corrected chi connectivity index (χ2v) is 6.71. The van der Waals surface area contributed by atoms with Gasteiger partial charge in [-0.15, -0.1) is 0 Å². The molecule has 0 aliphatic rings. The van der Waals surface area contributed by atoms with Crippen LogP contribution in [0.3, 0.4) is 0 Å². The number of nitrogens with zero attached hydrogens (tertiary/aromatic N) is 1. The number of halogens is 1. The van der Waals surface area contributed by atoms with Crippen molar-refractivity contribution in [3.05, 3.63) is 58.1 Å². The zero-order valence-corrected chi connectivity index (χ0v) is 15.8. The first-order valence-corrected chi connectivity index (χ1v) is 8.56. The Morgan fingerprint density at radius 2 is 1.68 bits per heavy atom. The first-order chi connectivity index (χ1) is 11.8. The molecular weight excluding hydrogens is 336 g/mol. The van der Waals surface area contributed by atoms with Gasteiger partial charge < -0.3 is 10.2 Å². The second kappa shape index (κ2) is 8.17. The molecule has 2 aromatic carbocycles. The first kappa shape index (κ1) is 19.0. The number of hydrogen-bond acceptors (Lipinski definition) is 2. The third kappa shape index (κ3) is 5.33. The van der Waals surface area contributed by atoms with Crippen LogP contribution in [0, 0.1) is 20.8 Å². The van der Waals surface area contributed by atoms with Crippen LogP contribution in [0.15, 0.2) is 36.4 Å². The second-order valence-electron chi connectivity index (χ2n) is 6.28. The van der Waals surface area contributed by atoms with Gasteiger partial charge in [-0.2, -0.15) is 0 Å². The minimum atomic E-state index is -0.129. The number of benzene rings is 2. The van der Waals surface area contributed by atoms with Gasteiger partial charge in [-0.1, -0.05) is 23.7 Å². The van der Waals surface area contributed by atoms with Crippen molar-refractivity contribution in [3.63, 3.8) is 0 Å². The first-order valence-electron chi connectivity index (χ1n) is 8.18. The fourth-order valence-electron chi connectivity index (χ4n) is 2.80. The van der Waals surface area contributed by atoms with Crippen molar-refractivity contribution in [2.75, 3.05) is 16.8 Å². The van der Waals surface area contributed by atoms with Crippen LogP contribution >= 0.6 is 11.6 Å². The number of nitrogens with one attached hydrogen (secondary N) is 1. The van der Waals surface area contributed by atoms with E-state index in [4.69, 9.17) is 11.6 Å². The van der Waals surface area contributed by atoms with E-state index in [1.165, 1.54) is 6.92 Å². The van der Waals surface area contributed by atoms with Crippen molar-refractivity contribution < 1.29 is 9.59 Å². The van der Waals surface area contributed by atoms with Crippen LogP contribution in [0.2, 0.25) is 5.02 Å². The molecule has 2 aromatic rings. The summed E-state index contributed by atoms with van der Waals surface area (Å²) >= 11 is 6.05.